The first-order chi connectivity index (χ1) is 12.7. The summed E-state index contributed by atoms with van der Waals surface area (Å²) in [6, 6.07) is -0.503. The van der Waals surface area contributed by atoms with Crippen LogP contribution in [0.5, 0.6) is 0 Å². The van der Waals surface area contributed by atoms with Gasteiger partial charge in [0.2, 0.25) is 0 Å². The van der Waals surface area contributed by atoms with E-state index in [0.29, 0.717) is 13.1 Å². The Labute approximate surface area is 156 Å². The first kappa shape index (κ1) is 22.5. The molecule has 0 aliphatic heterocycles. The minimum atomic E-state index is -0.197. The van der Waals surface area contributed by atoms with Crippen molar-refractivity contribution in [2.24, 2.45) is 0 Å². The number of amides is 4. The molecule has 1 rings (SSSR count). The highest BCUT2D eigenvalue weighted by Gasteiger charge is 2.27. The van der Waals surface area contributed by atoms with Gasteiger partial charge < -0.3 is 31.5 Å². The molecule has 8 nitrogen and oxygen atoms in total. The third-order valence-corrected chi connectivity index (χ3v) is 4.64. The van der Waals surface area contributed by atoms with Crippen LogP contribution in [0.4, 0.5) is 9.59 Å². The lowest BCUT2D eigenvalue weighted by Gasteiger charge is -2.32. The number of hydrogen-bond acceptors (Lipinski definition) is 4. The lowest BCUT2D eigenvalue weighted by molar-refractivity contribution is 0.213. The third kappa shape index (κ3) is 10.5. The fraction of sp³-hybridized carbons (Fsp3) is 0.889. The summed E-state index contributed by atoms with van der Waals surface area (Å²) in [5.41, 5.74) is 0. The van der Waals surface area contributed by atoms with Crippen LogP contribution in [0.15, 0.2) is 0 Å². The number of unbranched alkanes of at least 4 members (excludes halogenated alkanes) is 4. The predicted octanol–water partition coefficient (Wildman–Crippen LogP) is 1.22. The zero-order chi connectivity index (χ0) is 19.0. The first-order valence-corrected chi connectivity index (χ1v) is 9.97. The Bertz CT molecular complexity index is 359. The Kier molecular flexibility index (Phi) is 12.6. The smallest absolute Gasteiger partial charge is 0.315 e. The molecular weight excluding hydrogens is 336 g/mol. The molecule has 152 valence electrons. The topological polar surface area (TPSA) is 123 Å². The van der Waals surface area contributed by atoms with Gasteiger partial charge in [0.05, 0.1) is 12.1 Å². The van der Waals surface area contributed by atoms with Gasteiger partial charge in [0.15, 0.2) is 0 Å². The number of rotatable bonds is 12. The van der Waals surface area contributed by atoms with Crippen LogP contribution in [-0.4, -0.2) is 60.7 Å². The molecule has 4 amide bonds. The number of nitrogens with one attached hydrogen (secondary N) is 4. The molecule has 8 heteroatoms. The van der Waals surface area contributed by atoms with E-state index in [-0.39, 0.29) is 37.4 Å². The zero-order valence-corrected chi connectivity index (χ0v) is 15.8. The van der Waals surface area contributed by atoms with Crippen molar-refractivity contribution in [1.29, 1.82) is 0 Å². The summed E-state index contributed by atoms with van der Waals surface area (Å²) in [5, 5.41) is 29.1. The van der Waals surface area contributed by atoms with E-state index in [0.717, 1.165) is 64.2 Å². The second kappa shape index (κ2) is 14.6. The fourth-order valence-electron chi connectivity index (χ4n) is 3.15. The second-order valence-corrected chi connectivity index (χ2v) is 6.87. The number of carbonyl (C=O) groups excluding carboxylic acids is 2. The summed E-state index contributed by atoms with van der Waals surface area (Å²) in [4.78, 5) is 24.1. The molecule has 1 saturated carbocycles. The van der Waals surface area contributed by atoms with Crippen molar-refractivity contribution in [1.82, 2.24) is 21.3 Å². The Balaban J connectivity index is 2.25. The monoisotopic (exact) mass is 372 g/mol. The van der Waals surface area contributed by atoms with Gasteiger partial charge in [-0.25, -0.2) is 9.59 Å². The summed E-state index contributed by atoms with van der Waals surface area (Å²) >= 11 is 0. The molecule has 0 heterocycles. The van der Waals surface area contributed by atoms with Crippen LogP contribution in [0.2, 0.25) is 0 Å². The van der Waals surface area contributed by atoms with Crippen LogP contribution in [-0.2, 0) is 0 Å². The van der Waals surface area contributed by atoms with Crippen molar-refractivity contribution >= 4 is 12.1 Å². The van der Waals surface area contributed by atoms with Crippen LogP contribution in [0, 0.1) is 0 Å². The van der Waals surface area contributed by atoms with Crippen LogP contribution in [0.1, 0.15) is 64.2 Å². The largest absolute Gasteiger partial charge is 0.396 e. The van der Waals surface area contributed by atoms with Crippen molar-refractivity contribution < 1.29 is 19.8 Å². The second-order valence-electron chi connectivity index (χ2n) is 6.87. The van der Waals surface area contributed by atoms with Crippen LogP contribution < -0.4 is 21.3 Å². The van der Waals surface area contributed by atoms with Gasteiger partial charge in [-0.2, -0.15) is 0 Å². The average Bonchev–Trinajstić information content (AvgIpc) is 2.63. The van der Waals surface area contributed by atoms with Crippen LogP contribution in [0.3, 0.4) is 0 Å². The average molecular weight is 373 g/mol. The molecular formula is C18H36N4O4. The van der Waals surface area contributed by atoms with E-state index in [9.17, 15) is 9.59 Å². The van der Waals surface area contributed by atoms with E-state index >= 15 is 0 Å². The molecule has 0 saturated heterocycles. The highest BCUT2D eigenvalue weighted by Crippen LogP contribution is 2.18. The molecule has 0 spiro atoms. The number of hydrogen-bond donors (Lipinski definition) is 6. The Morgan fingerprint density at radius 3 is 1.50 bits per heavy atom. The molecule has 2 atom stereocenters. The predicted molar refractivity (Wildman–Crippen MR) is 101 cm³/mol. The van der Waals surface area contributed by atoms with Crippen molar-refractivity contribution in [2.45, 2.75) is 76.3 Å². The van der Waals surface area contributed by atoms with Crippen LogP contribution in [0.25, 0.3) is 0 Å². The molecule has 1 aliphatic rings. The number of urea groups is 2. The molecule has 0 aromatic carbocycles. The van der Waals surface area contributed by atoms with Gasteiger partial charge >= 0.3 is 12.1 Å². The van der Waals surface area contributed by atoms with Gasteiger partial charge in [-0.05, 0) is 51.4 Å². The molecule has 0 aromatic rings. The van der Waals surface area contributed by atoms with E-state index < -0.39 is 0 Å². The van der Waals surface area contributed by atoms with Gasteiger partial charge in [-0.1, -0.05) is 12.8 Å². The molecule has 26 heavy (non-hydrogen) atoms. The van der Waals surface area contributed by atoms with Gasteiger partial charge in [0.25, 0.3) is 0 Å². The standard InChI is InChI=1S/C18H36N4O4/c23-13-7-1-5-11-19-17(25)21-15-9-3-4-10-16(15)22-18(26)20-12-6-2-8-14-24/h15-16,23-24H,1-14H2,(H2,19,21,25)(H2,20,22,26). The highest BCUT2D eigenvalue weighted by molar-refractivity contribution is 5.75. The van der Waals surface area contributed by atoms with Crippen molar-refractivity contribution in [3.05, 3.63) is 0 Å². The van der Waals surface area contributed by atoms with Gasteiger partial charge in [0, 0.05) is 26.3 Å². The third-order valence-electron chi connectivity index (χ3n) is 4.64. The van der Waals surface area contributed by atoms with E-state index in [2.05, 4.69) is 21.3 Å². The summed E-state index contributed by atoms with van der Waals surface area (Å²) in [6.07, 6.45) is 8.80. The number of carbonyl (C=O) groups is 2. The number of aliphatic hydroxyl groups excluding tert-OH is 2. The molecule has 1 aliphatic carbocycles. The maximum atomic E-state index is 12.0. The van der Waals surface area contributed by atoms with E-state index in [4.69, 9.17) is 10.2 Å². The number of aliphatic hydroxyl groups is 2. The molecule has 1 fully saturated rings. The fourth-order valence-corrected chi connectivity index (χ4v) is 3.15. The molecule has 2 unspecified atom stereocenters. The maximum absolute atomic E-state index is 12.0. The van der Waals surface area contributed by atoms with Gasteiger partial charge in [0.1, 0.15) is 0 Å². The minimum absolute atomic E-state index is 0.0543. The lowest BCUT2D eigenvalue weighted by Crippen LogP contribution is -2.56. The van der Waals surface area contributed by atoms with Crippen molar-refractivity contribution in [3.8, 4) is 0 Å². The van der Waals surface area contributed by atoms with Crippen molar-refractivity contribution in [3.63, 3.8) is 0 Å². The maximum Gasteiger partial charge on any atom is 0.315 e. The molecule has 6 N–H and O–H groups in total. The van der Waals surface area contributed by atoms with E-state index in [1.807, 2.05) is 0 Å². The van der Waals surface area contributed by atoms with Gasteiger partial charge in [-0.15, -0.1) is 0 Å². The van der Waals surface area contributed by atoms with E-state index in [1.54, 1.807) is 0 Å². The lowest BCUT2D eigenvalue weighted by atomic mass is 9.90. The summed E-state index contributed by atoms with van der Waals surface area (Å²) < 4.78 is 0. The summed E-state index contributed by atoms with van der Waals surface area (Å²) in [5.74, 6) is 0. The zero-order valence-electron chi connectivity index (χ0n) is 15.8. The molecule has 0 bridgehead atoms. The van der Waals surface area contributed by atoms with Crippen LogP contribution >= 0.6 is 0 Å². The Morgan fingerprint density at radius 1 is 0.692 bits per heavy atom. The first-order valence-electron chi connectivity index (χ1n) is 9.97. The molecule has 0 radical (unpaired) electrons. The summed E-state index contributed by atoms with van der Waals surface area (Å²) in [7, 11) is 0. The van der Waals surface area contributed by atoms with Crippen molar-refractivity contribution in [2.75, 3.05) is 26.3 Å². The molecule has 0 aromatic heterocycles. The normalized spacial score (nSPS) is 19.6. The highest BCUT2D eigenvalue weighted by atomic mass is 16.3. The SMILES string of the molecule is O=C(NCCCCCO)NC1CCCCC1NC(=O)NCCCCCO. The Hall–Kier alpha value is -1.54. The summed E-state index contributed by atoms with van der Waals surface area (Å²) in [6.45, 7) is 1.55. The quantitative estimate of drug-likeness (QED) is 0.288. The Morgan fingerprint density at radius 2 is 1.12 bits per heavy atom. The van der Waals surface area contributed by atoms with E-state index in [1.165, 1.54) is 0 Å². The minimum Gasteiger partial charge on any atom is -0.396 e. The van der Waals surface area contributed by atoms with Gasteiger partial charge in [-0.3, -0.25) is 0 Å².